The molecule has 6 nitrogen and oxygen atoms in total. The number of aryl methyl sites for hydroxylation is 1. The fourth-order valence-corrected chi connectivity index (χ4v) is 4.81. The van der Waals surface area contributed by atoms with E-state index >= 15 is 0 Å². The molecule has 0 radical (unpaired) electrons. The number of nitrogens with one attached hydrogen (secondary N) is 1. The number of Topliss-reactive ketones (excluding diaryl/α,β-unsaturated/α-hetero) is 1. The maximum Gasteiger partial charge on any atom is 0.218 e. The van der Waals surface area contributed by atoms with Crippen LogP contribution in [0, 0.1) is 13.8 Å². The number of methoxy groups -OCH3 is 1. The third-order valence-corrected chi connectivity index (χ3v) is 6.59. The van der Waals surface area contributed by atoms with Gasteiger partial charge in [-0.15, -0.1) is 0 Å². The van der Waals surface area contributed by atoms with E-state index in [1.807, 2.05) is 18.2 Å². The normalized spacial score (nSPS) is 20.0. The number of aromatic nitrogens is 1. The van der Waals surface area contributed by atoms with Crippen LogP contribution in [0.4, 0.5) is 5.69 Å². The molecule has 0 spiro atoms. The lowest BCUT2D eigenvalue weighted by Crippen LogP contribution is -3.15. The molecule has 1 atom stereocenters. The predicted octanol–water partition coefficient (Wildman–Crippen LogP) is 1.88. The number of carbonyl (C=O) groups is 1. The SMILES string of the molecule is COc1ccccc1N1CC[NH+](CC(=O)c2cc(C)n(C[C@H]3CCCO3)c2C)CC1. The van der Waals surface area contributed by atoms with Crippen LogP contribution in [-0.2, 0) is 11.3 Å². The number of carbonyl (C=O) groups excluding carboxylic acids is 1. The summed E-state index contributed by atoms with van der Waals surface area (Å²) in [5.74, 6) is 1.16. The minimum atomic E-state index is 0.252. The lowest BCUT2D eigenvalue weighted by Gasteiger charge is -2.34. The number of piperazine rings is 1. The van der Waals surface area contributed by atoms with Crippen molar-refractivity contribution in [2.45, 2.75) is 39.3 Å². The number of quaternary nitrogens is 1. The molecule has 6 heteroatoms. The summed E-state index contributed by atoms with van der Waals surface area (Å²) in [7, 11) is 1.72. The van der Waals surface area contributed by atoms with Gasteiger partial charge in [-0.3, -0.25) is 4.79 Å². The Bertz CT molecular complexity index is 878. The molecule has 0 saturated carbocycles. The first-order chi connectivity index (χ1) is 14.6. The number of rotatable bonds is 7. The lowest BCUT2D eigenvalue weighted by molar-refractivity contribution is -0.892. The quantitative estimate of drug-likeness (QED) is 0.706. The molecule has 30 heavy (non-hydrogen) atoms. The number of para-hydroxylation sites is 2. The average Bonchev–Trinajstić information content (AvgIpc) is 3.38. The van der Waals surface area contributed by atoms with Crippen LogP contribution in [0.5, 0.6) is 5.75 Å². The highest BCUT2D eigenvalue weighted by molar-refractivity contribution is 5.98. The zero-order valence-corrected chi connectivity index (χ0v) is 18.4. The third-order valence-electron chi connectivity index (χ3n) is 6.59. The van der Waals surface area contributed by atoms with Crippen molar-refractivity contribution in [1.82, 2.24) is 4.57 Å². The van der Waals surface area contributed by atoms with E-state index in [1.54, 1.807) is 7.11 Å². The van der Waals surface area contributed by atoms with Gasteiger partial charge in [-0.2, -0.15) is 0 Å². The Morgan fingerprint density at radius 2 is 2.00 bits per heavy atom. The third kappa shape index (κ3) is 4.40. The molecule has 1 N–H and O–H groups in total. The second kappa shape index (κ2) is 9.23. The number of anilines is 1. The molecule has 3 heterocycles. The number of hydrogen-bond acceptors (Lipinski definition) is 4. The van der Waals surface area contributed by atoms with Crippen molar-refractivity contribution in [1.29, 1.82) is 0 Å². The number of nitrogens with zero attached hydrogens (tertiary/aromatic N) is 2. The van der Waals surface area contributed by atoms with Crippen LogP contribution in [0.2, 0.25) is 0 Å². The maximum atomic E-state index is 13.1. The molecule has 2 saturated heterocycles. The Kier molecular flexibility index (Phi) is 6.44. The monoisotopic (exact) mass is 412 g/mol. The molecule has 2 aliphatic rings. The molecule has 1 aromatic heterocycles. The van der Waals surface area contributed by atoms with E-state index in [0.717, 1.165) is 80.6 Å². The van der Waals surface area contributed by atoms with Gasteiger partial charge in [-0.1, -0.05) is 12.1 Å². The molecule has 0 bridgehead atoms. The molecular weight excluding hydrogens is 378 g/mol. The fraction of sp³-hybridized carbons (Fsp3) is 0.542. The Labute approximate surface area is 179 Å². The lowest BCUT2D eigenvalue weighted by atomic mass is 10.1. The van der Waals surface area contributed by atoms with Crippen LogP contribution in [0.3, 0.4) is 0 Å². The number of hydrogen-bond donors (Lipinski definition) is 1. The minimum Gasteiger partial charge on any atom is -0.495 e. The van der Waals surface area contributed by atoms with Crippen LogP contribution in [0.25, 0.3) is 0 Å². The summed E-state index contributed by atoms with van der Waals surface area (Å²) in [4.78, 5) is 16.8. The first-order valence-corrected chi connectivity index (χ1v) is 11.1. The van der Waals surface area contributed by atoms with E-state index in [-0.39, 0.29) is 11.9 Å². The zero-order chi connectivity index (χ0) is 21.1. The van der Waals surface area contributed by atoms with Crippen molar-refractivity contribution in [3.8, 4) is 5.75 Å². The summed E-state index contributed by atoms with van der Waals surface area (Å²) < 4.78 is 13.6. The van der Waals surface area contributed by atoms with Crippen molar-refractivity contribution in [3.05, 3.63) is 47.3 Å². The van der Waals surface area contributed by atoms with E-state index in [1.165, 1.54) is 4.90 Å². The van der Waals surface area contributed by atoms with Gasteiger partial charge in [0.15, 0.2) is 0 Å². The van der Waals surface area contributed by atoms with Crippen LogP contribution >= 0.6 is 0 Å². The molecule has 0 amide bonds. The maximum absolute atomic E-state index is 13.1. The van der Waals surface area contributed by atoms with Crippen LogP contribution in [0.15, 0.2) is 30.3 Å². The molecule has 2 aliphatic heterocycles. The smallest absolute Gasteiger partial charge is 0.218 e. The largest absolute Gasteiger partial charge is 0.495 e. The summed E-state index contributed by atoms with van der Waals surface area (Å²) in [5.41, 5.74) is 4.26. The first-order valence-electron chi connectivity index (χ1n) is 11.1. The van der Waals surface area contributed by atoms with Gasteiger partial charge in [0.1, 0.15) is 12.3 Å². The highest BCUT2D eigenvalue weighted by atomic mass is 16.5. The summed E-state index contributed by atoms with van der Waals surface area (Å²) in [6.45, 7) is 10.2. The van der Waals surface area contributed by atoms with Crippen molar-refractivity contribution < 1.29 is 19.2 Å². The summed E-state index contributed by atoms with van der Waals surface area (Å²) in [6.07, 6.45) is 2.53. The Morgan fingerprint density at radius 3 is 2.70 bits per heavy atom. The van der Waals surface area contributed by atoms with Crippen LogP contribution in [-0.4, -0.2) is 62.9 Å². The van der Waals surface area contributed by atoms with Crippen molar-refractivity contribution in [3.63, 3.8) is 0 Å². The molecule has 0 aliphatic carbocycles. The Balaban J connectivity index is 1.36. The van der Waals surface area contributed by atoms with E-state index in [9.17, 15) is 4.79 Å². The molecule has 2 fully saturated rings. The van der Waals surface area contributed by atoms with Gasteiger partial charge in [-0.05, 0) is 44.9 Å². The van der Waals surface area contributed by atoms with Gasteiger partial charge < -0.3 is 23.8 Å². The number of ketones is 1. The van der Waals surface area contributed by atoms with Crippen molar-refractivity contribution in [2.75, 3.05) is 51.3 Å². The van der Waals surface area contributed by atoms with Gasteiger partial charge >= 0.3 is 0 Å². The molecule has 2 aromatic rings. The van der Waals surface area contributed by atoms with Gasteiger partial charge in [0, 0.05) is 30.1 Å². The predicted molar refractivity (Wildman–Crippen MR) is 118 cm³/mol. The average molecular weight is 413 g/mol. The topological polar surface area (TPSA) is 48.1 Å². The van der Waals surface area contributed by atoms with Crippen LogP contribution < -0.4 is 14.5 Å². The second-order valence-corrected chi connectivity index (χ2v) is 8.54. The fourth-order valence-electron chi connectivity index (χ4n) is 4.81. The van der Waals surface area contributed by atoms with Crippen molar-refractivity contribution >= 4 is 11.5 Å². The first kappa shape index (κ1) is 20.9. The minimum absolute atomic E-state index is 0.252. The van der Waals surface area contributed by atoms with E-state index in [4.69, 9.17) is 9.47 Å². The molecule has 0 unspecified atom stereocenters. The highest BCUT2D eigenvalue weighted by Gasteiger charge is 2.26. The van der Waals surface area contributed by atoms with Gasteiger partial charge in [0.2, 0.25) is 5.78 Å². The van der Waals surface area contributed by atoms with E-state index < -0.39 is 0 Å². The van der Waals surface area contributed by atoms with Crippen LogP contribution in [0.1, 0.15) is 34.6 Å². The van der Waals surface area contributed by atoms with Gasteiger partial charge in [0.05, 0.1) is 45.1 Å². The molecule has 1 aromatic carbocycles. The second-order valence-electron chi connectivity index (χ2n) is 8.54. The molecular formula is C24H34N3O3+. The molecule has 4 rings (SSSR count). The Morgan fingerprint density at radius 1 is 1.23 bits per heavy atom. The van der Waals surface area contributed by atoms with Gasteiger partial charge in [-0.25, -0.2) is 0 Å². The van der Waals surface area contributed by atoms with E-state index in [0.29, 0.717) is 6.54 Å². The summed E-state index contributed by atoms with van der Waals surface area (Å²) in [5, 5.41) is 0. The van der Waals surface area contributed by atoms with Gasteiger partial charge in [0.25, 0.3) is 0 Å². The number of ether oxygens (including phenoxy) is 2. The summed E-state index contributed by atoms with van der Waals surface area (Å²) in [6, 6.07) is 10.2. The number of benzene rings is 1. The molecule has 162 valence electrons. The zero-order valence-electron chi connectivity index (χ0n) is 18.4. The summed E-state index contributed by atoms with van der Waals surface area (Å²) >= 11 is 0. The van der Waals surface area contributed by atoms with E-state index in [2.05, 4.69) is 35.4 Å². The standard InChI is InChI=1S/C24H33N3O3/c1-18-15-21(19(2)27(18)16-20-7-6-14-30-20)23(28)17-25-10-12-26(13-11-25)22-8-4-5-9-24(22)29-3/h4-5,8-9,15,20H,6-7,10-14,16-17H2,1-3H3/p+1/t20-/m1/s1. The highest BCUT2D eigenvalue weighted by Crippen LogP contribution is 2.27. The Hall–Kier alpha value is -2.31. The van der Waals surface area contributed by atoms with Crippen molar-refractivity contribution in [2.24, 2.45) is 0 Å².